The molecule has 1 heterocycles. The van der Waals surface area contributed by atoms with E-state index in [1.54, 1.807) is 18.9 Å². The summed E-state index contributed by atoms with van der Waals surface area (Å²) < 4.78 is 12.6. The minimum Gasteiger partial charge on any atom is -0.493 e. The second kappa shape index (κ2) is 7.48. The minimum atomic E-state index is 0.585. The largest absolute Gasteiger partial charge is 0.493 e. The highest BCUT2D eigenvalue weighted by atomic mass is 16.5. The average Bonchev–Trinajstić information content (AvgIpc) is 3.11. The molecule has 0 aliphatic carbocycles. The molecular weight excluding hydrogens is 350 g/mol. The number of hydrogen-bond acceptors (Lipinski definition) is 4. The Balaban J connectivity index is 1.96. The molecule has 0 radical (unpaired) electrons. The molecule has 4 aromatic rings. The molecule has 0 saturated carbocycles. The van der Waals surface area contributed by atoms with Crippen molar-refractivity contribution in [2.24, 2.45) is 0 Å². The first kappa shape index (κ1) is 17.7. The molecule has 5 nitrogen and oxygen atoms in total. The molecule has 0 saturated heterocycles. The molecule has 4 rings (SSSR count). The van der Waals surface area contributed by atoms with E-state index in [-0.39, 0.29) is 0 Å². The van der Waals surface area contributed by atoms with Crippen LogP contribution in [0.4, 0.5) is 5.82 Å². The van der Waals surface area contributed by atoms with Crippen LogP contribution >= 0.6 is 0 Å². The van der Waals surface area contributed by atoms with Crippen LogP contribution in [0.25, 0.3) is 28.1 Å². The van der Waals surface area contributed by atoms with Crippen molar-refractivity contribution in [1.29, 1.82) is 0 Å². The Morgan fingerprint density at radius 1 is 0.750 bits per heavy atom. The van der Waals surface area contributed by atoms with E-state index in [2.05, 4.69) is 0 Å². The molecule has 0 atom stereocenters. The van der Waals surface area contributed by atoms with Gasteiger partial charge in [-0.25, -0.2) is 4.68 Å². The van der Waals surface area contributed by atoms with Crippen LogP contribution in [-0.4, -0.2) is 24.0 Å². The maximum atomic E-state index is 6.58. The van der Waals surface area contributed by atoms with Crippen LogP contribution in [-0.2, 0) is 0 Å². The molecule has 0 spiro atoms. The van der Waals surface area contributed by atoms with Crippen LogP contribution in [0, 0.1) is 0 Å². The van der Waals surface area contributed by atoms with Crippen molar-refractivity contribution < 1.29 is 9.47 Å². The summed E-state index contributed by atoms with van der Waals surface area (Å²) in [6.07, 6.45) is 0. The standard InChI is InChI=1S/C23H21N3O2/c1-27-19-14-13-17(15-20(19)28-2)22-21(16-9-5-3-6-10-16)23(24)26(25-22)18-11-7-4-8-12-18/h3-15H,24H2,1-2H3. The van der Waals surface area contributed by atoms with Crippen LogP contribution < -0.4 is 15.2 Å². The van der Waals surface area contributed by atoms with Gasteiger partial charge in [-0.2, -0.15) is 5.10 Å². The van der Waals surface area contributed by atoms with Gasteiger partial charge in [0.2, 0.25) is 0 Å². The number of rotatable bonds is 5. The second-order valence-electron chi connectivity index (χ2n) is 6.29. The number of anilines is 1. The van der Waals surface area contributed by atoms with E-state index in [0.29, 0.717) is 17.3 Å². The van der Waals surface area contributed by atoms with Gasteiger partial charge in [-0.05, 0) is 35.9 Å². The fourth-order valence-corrected chi connectivity index (χ4v) is 3.27. The number of nitrogen functional groups attached to an aromatic ring is 1. The molecule has 0 amide bonds. The Morgan fingerprint density at radius 3 is 2.04 bits per heavy atom. The van der Waals surface area contributed by atoms with Crippen LogP contribution in [0.1, 0.15) is 0 Å². The molecule has 140 valence electrons. The van der Waals surface area contributed by atoms with E-state index in [4.69, 9.17) is 20.3 Å². The van der Waals surface area contributed by atoms with Gasteiger partial charge in [0.15, 0.2) is 11.5 Å². The van der Waals surface area contributed by atoms with E-state index in [9.17, 15) is 0 Å². The van der Waals surface area contributed by atoms with E-state index in [0.717, 1.165) is 28.1 Å². The van der Waals surface area contributed by atoms with Gasteiger partial charge in [0, 0.05) is 5.56 Å². The highest BCUT2D eigenvalue weighted by Gasteiger charge is 2.20. The third kappa shape index (κ3) is 3.07. The zero-order chi connectivity index (χ0) is 19.5. The molecule has 0 unspecified atom stereocenters. The molecule has 3 aromatic carbocycles. The number of hydrogen-bond donors (Lipinski definition) is 1. The van der Waals surface area contributed by atoms with Crippen LogP contribution in [0.5, 0.6) is 11.5 Å². The monoisotopic (exact) mass is 371 g/mol. The van der Waals surface area contributed by atoms with Crippen molar-refractivity contribution >= 4 is 5.82 Å². The Hall–Kier alpha value is -3.73. The van der Waals surface area contributed by atoms with E-state index in [1.807, 2.05) is 78.9 Å². The number of aromatic nitrogens is 2. The number of nitrogens with zero attached hydrogens (tertiary/aromatic N) is 2. The lowest BCUT2D eigenvalue weighted by Gasteiger charge is -2.09. The molecule has 28 heavy (non-hydrogen) atoms. The predicted molar refractivity (Wildman–Crippen MR) is 112 cm³/mol. The zero-order valence-electron chi connectivity index (χ0n) is 15.8. The second-order valence-corrected chi connectivity index (χ2v) is 6.29. The quantitative estimate of drug-likeness (QED) is 0.547. The minimum absolute atomic E-state index is 0.585. The van der Waals surface area contributed by atoms with Crippen molar-refractivity contribution in [1.82, 2.24) is 9.78 Å². The molecule has 0 aliphatic rings. The summed E-state index contributed by atoms with van der Waals surface area (Å²) in [5.41, 5.74) is 11.1. The molecule has 0 bridgehead atoms. The van der Waals surface area contributed by atoms with Gasteiger partial charge in [0.25, 0.3) is 0 Å². The lowest BCUT2D eigenvalue weighted by molar-refractivity contribution is 0.355. The van der Waals surface area contributed by atoms with Gasteiger partial charge in [-0.3, -0.25) is 0 Å². The van der Waals surface area contributed by atoms with Gasteiger partial charge in [-0.1, -0.05) is 48.5 Å². The van der Waals surface area contributed by atoms with Crippen molar-refractivity contribution in [3.05, 3.63) is 78.9 Å². The third-order valence-corrected chi connectivity index (χ3v) is 4.64. The van der Waals surface area contributed by atoms with Crippen molar-refractivity contribution in [2.45, 2.75) is 0 Å². The smallest absolute Gasteiger partial charge is 0.161 e. The fourth-order valence-electron chi connectivity index (χ4n) is 3.27. The summed E-state index contributed by atoms with van der Waals surface area (Å²) in [6, 6.07) is 25.7. The summed E-state index contributed by atoms with van der Waals surface area (Å²) in [7, 11) is 3.24. The normalized spacial score (nSPS) is 10.6. The van der Waals surface area contributed by atoms with Crippen LogP contribution in [0.2, 0.25) is 0 Å². The molecule has 2 N–H and O–H groups in total. The topological polar surface area (TPSA) is 62.3 Å². The summed E-state index contributed by atoms with van der Waals surface area (Å²) in [5, 5.41) is 4.85. The van der Waals surface area contributed by atoms with E-state index in [1.165, 1.54) is 0 Å². The highest BCUT2D eigenvalue weighted by Crippen LogP contribution is 2.40. The predicted octanol–water partition coefficient (Wildman–Crippen LogP) is 4.81. The number of benzene rings is 3. The van der Waals surface area contributed by atoms with Gasteiger partial charge in [-0.15, -0.1) is 0 Å². The average molecular weight is 371 g/mol. The Kier molecular flexibility index (Phi) is 4.72. The van der Waals surface area contributed by atoms with Crippen molar-refractivity contribution in [3.8, 4) is 39.6 Å². The zero-order valence-corrected chi connectivity index (χ0v) is 15.8. The summed E-state index contributed by atoms with van der Waals surface area (Å²) in [4.78, 5) is 0. The van der Waals surface area contributed by atoms with Crippen molar-refractivity contribution in [2.75, 3.05) is 20.0 Å². The highest BCUT2D eigenvalue weighted by molar-refractivity contribution is 5.89. The number of nitrogens with two attached hydrogens (primary N) is 1. The first-order chi connectivity index (χ1) is 13.7. The number of ether oxygens (including phenoxy) is 2. The number of para-hydroxylation sites is 1. The molecular formula is C23H21N3O2. The Morgan fingerprint density at radius 2 is 1.39 bits per heavy atom. The van der Waals surface area contributed by atoms with Crippen molar-refractivity contribution in [3.63, 3.8) is 0 Å². The molecule has 5 heteroatoms. The van der Waals surface area contributed by atoms with E-state index >= 15 is 0 Å². The SMILES string of the molecule is COc1ccc(-c2nn(-c3ccccc3)c(N)c2-c2ccccc2)cc1OC. The molecule has 0 aliphatic heterocycles. The number of methoxy groups -OCH3 is 2. The fraction of sp³-hybridized carbons (Fsp3) is 0.0870. The first-order valence-electron chi connectivity index (χ1n) is 8.94. The van der Waals surface area contributed by atoms with Gasteiger partial charge < -0.3 is 15.2 Å². The summed E-state index contributed by atoms with van der Waals surface area (Å²) in [5.74, 6) is 1.90. The third-order valence-electron chi connectivity index (χ3n) is 4.64. The summed E-state index contributed by atoms with van der Waals surface area (Å²) in [6.45, 7) is 0. The lowest BCUT2D eigenvalue weighted by atomic mass is 10.0. The molecule has 1 aromatic heterocycles. The molecule has 0 fully saturated rings. The van der Waals surface area contributed by atoms with Gasteiger partial charge in [0.05, 0.1) is 25.5 Å². The first-order valence-corrected chi connectivity index (χ1v) is 8.94. The van der Waals surface area contributed by atoms with Crippen LogP contribution in [0.3, 0.4) is 0 Å². The maximum absolute atomic E-state index is 6.58. The van der Waals surface area contributed by atoms with Crippen LogP contribution in [0.15, 0.2) is 78.9 Å². The van der Waals surface area contributed by atoms with E-state index < -0.39 is 0 Å². The Labute approximate surface area is 164 Å². The lowest BCUT2D eigenvalue weighted by Crippen LogP contribution is -2.01. The van der Waals surface area contributed by atoms with Gasteiger partial charge in [0.1, 0.15) is 11.5 Å². The Bertz CT molecular complexity index is 1090. The summed E-state index contributed by atoms with van der Waals surface area (Å²) >= 11 is 0. The maximum Gasteiger partial charge on any atom is 0.161 e. The van der Waals surface area contributed by atoms with Gasteiger partial charge >= 0.3 is 0 Å².